The fraction of sp³-hybridized carbons (Fsp3) is 0.533. The minimum absolute atomic E-state index is 0.00391. The van der Waals surface area contributed by atoms with Crippen molar-refractivity contribution in [3.8, 4) is 5.75 Å². The highest BCUT2D eigenvalue weighted by Crippen LogP contribution is 2.28. The molecule has 0 bridgehead atoms. The minimum atomic E-state index is -0.362. The van der Waals surface area contributed by atoms with Gasteiger partial charge in [0.2, 0.25) is 0 Å². The van der Waals surface area contributed by atoms with Gasteiger partial charge < -0.3 is 10.1 Å². The third-order valence-electron chi connectivity index (χ3n) is 3.60. The van der Waals surface area contributed by atoms with E-state index in [9.17, 15) is 4.79 Å². The summed E-state index contributed by atoms with van der Waals surface area (Å²) in [6.07, 6.45) is 2.48. The van der Waals surface area contributed by atoms with Crippen LogP contribution in [0.4, 0.5) is 0 Å². The van der Waals surface area contributed by atoms with Gasteiger partial charge in [-0.3, -0.25) is 4.79 Å². The van der Waals surface area contributed by atoms with E-state index in [2.05, 4.69) is 28.2 Å². The van der Waals surface area contributed by atoms with Crippen molar-refractivity contribution in [1.82, 2.24) is 5.32 Å². The first-order chi connectivity index (χ1) is 9.24. The molecule has 4 heteroatoms. The van der Waals surface area contributed by atoms with Crippen LogP contribution in [0.2, 0.25) is 0 Å². The standard InChI is InChI=1S/C15H20BrNO2/c1-2-11(7-8-16)10-17-15(18)14-9-12-5-3-4-6-13(12)19-14/h3-6,11,14H,2,7-10H2,1H3,(H,17,18). The van der Waals surface area contributed by atoms with Crippen molar-refractivity contribution < 1.29 is 9.53 Å². The molecule has 0 aromatic heterocycles. The van der Waals surface area contributed by atoms with E-state index in [0.29, 0.717) is 12.3 Å². The molecule has 1 heterocycles. The van der Waals surface area contributed by atoms with Gasteiger partial charge in [0.05, 0.1) is 0 Å². The van der Waals surface area contributed by atoms with Crippen molar-refractivity contribution >= 4 is 21.8 Å². The lowest BCUT2D eigenvalue weighted by molar-refractivity contribution is -0.127. The molecule has 104 valence electrons. The Morgan fingerprint density at radius 2 is 2.32 bits per heavy atom. The molecule has 19 heavy (non-hydrogen) atoms. The zero-order valence-corrected chi connectivity index (χ0v) is 12.8. The lowest BCUT2D eigenvalue weighted by Crippen LogP contribution is -2.39. The number of amides is 1. The SMILES string of the molecule is CCC(CCBr)CNC(=O)C1Cc2ccccc2O1. The molecule has 0 aliphatic carbocycles. The Hall–Kier alpha value is -1.03. The molecule has 1 amide bonds. The second-order valence-corrected chi connectivity index (χ2v) is 5.71. The van der Waals surface area contributed by atoms with Crippen LogP contribution in [-0.4, -0.2) is 23.9 Å². The van der Waals surface area contributed by atoms with Gasteiger partial charge in [-0.1, -0.05) is 47.5 Å². The predicted octanol–water partition coefficient (Wildman–Crippen LogP) is 2.92. The van der Waals surface area contributed by atoms with Gasteiger partial charge in [-0.05, 0) is 24.0 Å². The number of carbonyl (C=O) groups excluding carboxylic acids is 1. The average molecular weight is 326 g/mol. The highest BCUT2D eigenvalue weighted by Gasteiger charge is 2.28. The molecule has 1 aliphatic rings. The molecule has 2 unspecified atom stereocenters. The van der Waals surface area contributed by atoms with Crippen molar-refractivity contribution in [2.24, 2.45) is 5.92 Å². The lowest BCUT2D eigenvalue weighted by Gasteiger charge is -2.16. The van der Waals surface area contributed by atoms with Gasteiger partial charge in [0.15, 0.2) is 6.10 Å². The first-order valence-corrected chi connectivity index (χ1v) is 7.95. The monoisotopic (exact) mass is 325 g/mol. The number of carbonyl (C=O) groups is 1. The number of hydrogen-bond acceptors (Lipinski definition) is 2. The Balaban J connectivity index is 1.83. The number of halogens is 1. The molecule has 1 aromatic carbocycles. The van der Waals surface area contributed by atoms with E-state index >= 15 is 0 Å². The number of benzene rings is 1. The van der Waals surface area contributed by atoms with E-state index in [1.807, 2.05) is 24.3 Å². The molecule has 1 aromatic rings. The molecule has 1 aliphatic heterocycles. The number of rotatable bonds is 6. The van der Waals surface area contributed by atoms with E-state index in [-0.39, 0.29) is 12.0 Å². The Bertz CT molecular complexity index is 411. The molecule has 0 saturated carbocycles. The largest absolute Gasteiger partial charge is 0.480 e. The number of alkyl halides is 1. The van der Waals surface area contributed by atoms with Crippen LogP contribution < -0.4 is 10.1 Å². The number of fused-ring (bicyclic) bond motifs is 1. The zero-order valence-electron chi connectivity index (χ0n) is 11.2. The first-order valence-electron chi connectivity index (χ1n) is 6.82. The number of hydrogen-bond donors (Lipinski definition) is 1. The fourth-order valence-corrected chi connectivity index (χ4v) is 2.94. The first kappa shape index (κ1) is 14.4. The van der Waals surface area contributed by atoms with Gasteiger partial charge in [0.1, 0.15) is 5.75 Å². The minimum Gasteiger partial charge on any atom is -0.480 e. The molecule has 3 nitrogen and oxygen atoms in total. The predicted molar refractivity (Wildman–Crippen MR) is 79.8 cm³/mol. The van der Waals surface area contributed by atoms with Crippen LogP contribution in [0.15, 0.2) is 24.3 Å². The van der Waals surface area contributed by atoms with Crippen LogP contribution in [0.3, 0.4) is 0 Å². The third-order valence-corrected chi connectivity index (χ3v) is 4.06. The molecular weight excluding hydrogens is 306 g/mol. The van der Waals surface area contributed by atoms with Gasteiger partial charge in [0.25, 0.3) is 5.91 Å². The van der Waals surface area contributed by atoms with Gasteiger partial charge in [-0.25, -0.2) is 0 Å². The molecule has 1 N–H and O–H groups in total. The number of para-hydroxylation sites is 1. The van der Waals surface area contributed by atoms with E-state index < -0.39 is 0 Å². The third kappa shape index (κ3) is 3.72. The Kier molecular flexibility index (Phi) is 5.25. The van der Waals surface area contributed by atoms with E-state index in [4.69, 9.17) is 4.74 Å². The van der Waals surface area contributed by atoms with Gasteiger partial charge in [-0.2, -0.15) is 0 Å². The summed E-state index contributed by atoms with van der Waals surface area (Å²) in [7, 11) is 0. The van der Waals surface area contributed by atoms with Crippen molar-refractivity contribution in [1.29, 1.82) is 0 Å². The molecule has 0 radical (unpaired) electrons. The number of nitrogens with one attached hydrogen (secondary N) is 1. The van der Waals surface area contributed by atoms with E-state index in [0.717, 1.165) is 36.0 Å². The van der Waals surface area contributed by atoms with Crippen LogP contribution in [0, 0.1) is 5.92 Å². The van der Waals surface area contributed by atoms with Crippen LogP contribution in [0.5, 0.6) is 5.75 Å². The fourth-order valence-electron chi connectivity index (χ4n) is 2.29. The summed E-state index contributed by atoms with van der Waals surface area (Å²) < 4.78 is 5.67. The molecule has 2 rings (SSSR count). The van der Waals surface area contributed by atoms with Crippen molar-refractivity contribution in [2.45, 2.75) is 32.3 Å². The maximum Gasteiger partial charge on any atom is 0.261 e. The van der Waals surface area contributed by atoms with Crippen LogP contribution >= 0.6 is 15.9 Å². The highest BCUT2D eigenvalue weighted by atomic mass is 79.9. The summed E-state index contributed by atoms with van der Waals surface area (Å²) in [6, 6.07) is 7.85. The Morgan fingerprint density at radius 1 is 1.53 bits per heavy atom. The topological polar surface area (TPSA) is 38.3 Å². The van der Waals surface area contributed by atoms with Crippen LogP contribution in [0.25, 0.3) is 0 Å². The molecule has 0 fully saturated rings. The summed E-state index contributed by atoms with van der Waals surface area (Å²) >= 11 is 3.45. The van der Waals surface area contributed by atoms with Gasteiger partial charge in [-0.15, -0.1) is 0 Å². The maximum atomic E-state index is 12.1. The molecule has 2 atom stereocenters. The molecule has 0 spiro atoms. The Labute approximate surface area is 122 Å². The van der Waals surface area contributed by atoms with Crippen molar-refractivity contribution in [3.63, 3.8) is 0 Å². The number of ether oxygens (including phenoxy) is 1. The summed E-state index contributed by atoms with van der Waals surface area (Å²) in [6.45, 7) is 2.89. The lowest BCUT2D eigenvalue weighted by atomic mass is 10.0. The van der Waals surface area contributed by atoms with Crippen LogP contribution in [-0.2, 0) is 11.2 Å². The smallest absolute Gasteiger partial charge is 0.261 e. The highest BCUT2D eigenvalue weighted by molar-refractivity contribution is 9.09. The maximum absolute atomic E-state index is 12.1. The van der Waals surface area contributed by atoms with Crippen LogP contribution in [0.1, 0.15) is 25.3 Å². The molecular formula is C15H20BrNO2. The quantitative estimate of drug-likeness (QED) is 0.817. The second-order valence-electron chi connectivity index (χ2n) is 4.92. The van der Waals surface area contributed by atoms with E-state index in [1.54, 1.807) is 0 Å². The summed E-state index contributed by atoms with van der Waals surface area (Å²) in [5.41, 5.74) is 1.12. The van der Waals surface area contributed by atoms with Crippen molar-refractivity contribution in [2.75, 3.05) is 11.9 Å². The Morgan fingerprint density at radius 3 is 3.00 bits per heavy atom. The summed E-state index contributed by atoms with van der Waals surface area (Å²) in [5.74, 6) is 1.38. The average Bonchev–Trinajstić information content (AvgIpc) is 2.87. The second kappa shape index (κ2) is 6.94. The van der Waals surface area contributed by atoms with Crippen molar-refractivity contribution in [3.05, 3.63) is 29.8 Å². The molecule has 0 saturated heterocycles. The zero-order chi connectivity index (χ0) is 13.7. The van der Waals surface area contributed by atoms with Gasteiger partial charge >= 0.3 is 0 Å². The summed E-state index contributed by atoms with van der Waals surface area (Å²) in [5, 5.41) is 3.99. The normalized spacial score (nSPS) is 18.5. The summed E-state index contributed by atoms with van der Waals surface area (Å²) in [4.78, 5) is 12.1. The van der Waals surface area contributed by atoms with Gasteiger partial charge in [0, 0.05) is 18.3 Å². The van der Waals surface area contributed by atoms with E-state index in [1.165, 1.54) is 0 Å².